The van der Waals surface area contributed by atoms with Gasteiger partial charge < -0.3 is 9.47 Å². The molecule has 0 bridgehead atoms. The first-order chi connectivity index (χ1) is 12.9. The van der Waals surface area contributed by atoms with Gasteiger partial charge in [0.05, 0.1) is 19.9 Å². The zero-order valence-electron chi connectivity index (χ0n) is 14.5. The molecule has 2 aromatic rings. The van der Waals surface area contributed by atoms with Crippen molar-refractivity contribution in [3.63, 3.8) is 0 Å². The molecule has 138 valence electrons. The zero-order valence-corrected chi connectivity index (χ0v) is 15.3. The monoisotopic (exact) mass is 386 g/mol. The molecule has 0 spiro atoms. The highest BCUT2D eigenvalue weighted by Gasteiger charge is 2.34. The highest BCUT2D eigenvalue weighted by Crippen LogP contribution is 2.28. The number of ether oxygens (including phenoxy) is 2. The average molecular weight is 386 g/mol. The van der Waals surface area contributed by atoms with E-state index in [-0.39, 0.29) is 16.4 Å². The van der Waals surface area contributed by atoms with E-state index in [1.165, 1.54) is 38.5 Å². The molecule has 1 aliphatic rings. The predicted octanol–water partition coefficient (Wildman–Crippen LogP) is 2.67. The number of hydrogen-bond donors (Lipinski definition) is 1. The van der Waals surface area contributed by atoms with Gasteiger partial charge in [0, 0.05) is 5.56 Å². The van der Waals surface area contributed by atoms with Crippen molar-refractivity contribution in [1.82, 2.24) is 5.32 Å². The van der Waals surface area contributed by atoms with E-state index in [4.69, 9.17) is 21.7 Å². The Hall–Kier alpha value is -3.26. The average Bonchev–Trinajstić information content (AvgIpc) is 2.64. The summed E-state index contributed by atoms with van der Waals surface area (Å²) < 4.78 is 24.0. The van der Waals surface area contributed by atoms with Gasteiger partial charge in [0.25, 0.3) is 11.8 Å². The number of anilines is 1. The number of nitrogens with zero attached hydrogens (tertiary/aromatic N) is 1. The van der Waals surface area contributed by atoms with Crippen LogP contribution in [0.2, 0.25) is 0 Å². The quantitative estimate of drug-likeness (QED) is 0.497. The second-order valence-electron chi connectivity index (χ2n) is 5.55. The van der Waals surface area contributed by atoms with Crippen LogP contribution in [0.3, 0.4) is 0 Å². The van der Waals surface area contributed by atoms with Gasteiger partial charge in [-0.3, -0.25) is 19.8 Å². The molecule has 0 unspecified atom stereocenters. The number of hydrogen-bond acceptors (Lipinski definition) is 5. The first kappa shape index (κ1) is 18.5. The standard InChI is InChI=1S/C19H15FN2O4S/c1-25-14-6-7-16(26-2)11(8-14)9-15-17(23)21-19(27)22(18(15)24)13-5-3-4-12(20)10-13/h3-10H,1-2H3,(H,21,23,27). The van der Waals surface area contributed by atoms with E-state index < -0.39 is 17.6 Å². The smallest absolute Gasteiger partial charge is 0.270 e. The Bertz CT molecular complexity index is 974. The molecule has 1 fully saturated rings. The summed E-state index contributed by atoms with van der Waals surface area (Å²) in [6.45, 7) is 0. The summed E-state index contributed by atoms with van der Waals surface area (Å²) in [5, 5.41) is 2.33. The fourth-order valence-electron chi connectivity index (χ4n) is 2.61. The van der Waals surface area contributed by atoms with Crippen LogP contribution in [0.1, 0.15) is 5.56 Å². The Kier molecular flexibility index (Phi) is 5.18. The van der Waals surface area contributed by atoms with Gasteiger partial charge in [-0.1, -0.05) is 6.07 Å². The lowest BCUT2D eigenvalue weighted by Gasteiger charge is -2.29. The van der Waals surface area contributed by atoms with Crippen LogP contribution in [0.5, 0.6) is 11.5 Å². The van der Waals surface area contributed by atoms with Crippen molar-refractivity contribution in [3.05, 3.63) is 59.4 Å². The number of carbonyl (C=O) groups excluding carboxylic acids is 2. The molecule has 2 amide bonds. The Labute approximate surface area is 160 Å². The lowest BCUT2D eigenvalue weighted by molar-refractivity contribution is -0.122. The van der Waals surface area contributed by atoms with Gasteiger partial charge in [-0.2, -0.15) is 0 Å². The van der Waals surface area contributed by atoms with E-state index in [2.05, 4.69) is 5.32 Å². The Balaban J connectivity index is 2.07. The summed E-state index contributed by atoms with van der Waals surface area (Å²) in [5.74, 6) is -0.861. The maximum Gasteiger partial charge on any atom is 0.270 e. The molecule has 8 heteroatoms. The number of nitrogens with one attached hydrogen (secondary N) is 1. The van der Waals surface area contributed by atoms with E-state index in [1.807, 2.05) is 0 Å². The number of halogens is 1. The molecule has 2 aromatic carbocycles. The maximum atomic E-state index is 13.6. The summed E-state index contributed by atoms with van der Waals surface area (Å²) in [6.07, 6.45) is 1.38. The normalized spacial score (nSPS) is 15.7. The van der Waals surface area contributed by atoms with Crippen LogP contribution in [0.25, 0.3) is 6.08 Å². The van der Waals surface area contributed by atoms with Crippen molar-refractivity contribution in [3.8, 4) is 11.5 Å². The molecule has 6 nitrogen and oxygen atoms in total. The molecule has 1 heterocycles. The van der Waals surface area contributed by atoms with Gasteiger partial charge in [0.15, 0.2) is 5.11 Å². The molecule has 0 aliphatic carbocycles. The van der Waals surface area contributed by atoms with Crippen LogP contribution in [0, 0.1) is 5.82 Å². The molecule has 0 saturated carbocycles. The van der Waals surface area contributed by atoms with Crippen molar-refractivity contribution in [2.24, 2.45) is 0 Å². The number of carbonyl (C=O) groups is 2. The molecule has 27 heavy (non-hydrogen) atoms. The first-order valence-electron chi connectivity index (χ1n) is 7.83. The molecule has 0 atom stereocenters. The van der Waals surface area contributed by atoms with Gasteiger partial charge in [0.1, 0.15) is 22.9 Å². The predicted molar refractivity (Wildman–Crippen MR) is 102 cm³/mol. The Morgan fingerprint density at radius 1 is 1.11 bits per heavy atom. The Morgan fingerprint density at radius 2 is 1.89 bits per heavy atom. The molecular formula is C19H15FN2O4S. The van der Waals surface area contributed by atoms with Crippen molar-refractivity contribution >= 4 is 40.9 Å². The first-order valence-corrected chi connectivity index (χ1v) is 8.24. The van der Waals surface area contributed by atoms with Gasteiger partial charge in [0.2, 0.25) is 0 Å². The van der Waals surface area contributed by atoms with Crippen molar-refractivity contribution in [1.29, 1.82) is 0 Å². The Morgan fingerprint density at radius 3 is 2.56 bits per heavy atom. The van der Waals surface area contributed by atoms with E-state index in [9.17, 15) is 14.0 Å². The minimum absolute atomic E-state index is 0.120. The third-order valence-electron chi connectivity index (χ3n) is 3.90. The number of methoxy groups -OCH3 is 2. The van der Waals surface area contributed by atoms with Crippen LogP contribution >= 0.6 is 12.2 Å². The zero-order chi connectivity index (χ0) is 19.6. The van der Waals surface area contributed by atoms with Gasteiger partial charge in [-0.25, -0.2) is 4.39 Å². The maximum absolute atomic E-state index is 13.6. The van der Waals surface area contributed by atoms with Crippen molar-refractivity contribution < 1.29 is 23.5 Å². The third-order valence-corrected chi connectivity index (χ3v) is 4.19. The number of benzene rings is 2. The molecule has 1 N–H and O–H groups in total. The topological polar surface area (TPSA) is 67.9 Å². The molecule has 1 saturated heterocycles. The largest absolute Gasteiger partial charge is 0.497 e. The minimum Gasteiger partial charge on any atom is -0.497 e. The third kappa shape index (κ3) is 3.65. The number of amides is 2. The SMILES string of the molecule is COc1ccc(OC)c(C=C2C(=O)NC(=S)N(c3cccc(F)c3)C2=O)c1. The number of thiocarbonyl (C=S) groups is 1. The lowest BCUT2D eigenvalue weighted by Crippen LogP contribution is -2.54. The van der Waals surface area contributed by atoms with E-state index >= 15 is 0 Å². The van der Waals surface area contributed by atoms with Crippen LogP contribution in [-0.2, 0) is 9.59 Å². The van der Waals surface area contributed by atoms with Crippen LogP contribution in [-0.4, -0.2) is 31.1 Å². The van der Waals surface area contributed by atoms with Crippen LogP contribution in [0.4, 0.5) is 10.1 Å². The molecule has 0 aromatic heterocycles. The van der Waals surface area contributed by atoms with Gasteiger partial charge in [-0.15, -0.1) is 0 Å². The fraction of sp³-hybridized carbons (Fsp3) is 0.105. The highest BCUT2D eigenvalue weighted by molar-refractivity contribution is 7.80. The lowest BCUT2D eigenvalue weighted by atomic mass is 10.1. The fourth-order valence-corrected chi connectivity index (χ4v) is 2.90. The molecule has 1 aliphatic heterocycles. The summed E-state index contributed by atoms with van der Waals surface area (Å²) in [7, 11) is 2.97. The highest BCUT2D eigenvalue weighted by atomic mass is 32.1. The van der Waals surface area contributed by atoms with Crippen molar-refractivity contribution in [2.45, 2.75) is 0 Å². The second kappa shape index (κ2) is 7.55. The van der Waals surface area contributed by atoms with Crippen molar-refractivity contribution in [2.75, 3.05) is 19.1 Å². The molecular weight excluding hydrogens is 371 g/mol. The van der Waals surface area contributed by atoms with Gasteiger partial charge >= 0.3 is 0 Å². The van der Waals surface area contributed by atoms with E-state index in [0.717, 1.165) is 11.0 Å². The summed E-state index contributed by atoms with van der Waals surface area (Å²) in [4.78, 5) is 26.4. The molecule has 3 rings (SSSR count). The summed E-state index contributed by atoms with van der Waals surface area (Å²) in [5.41, 5.74) is 0.523. The van der Waals surface area contributed by atoms with Crippen LogP contribution in [0.15, 0.2) is 48.0 Å². The summed E-state index contributed by atoms with van der Waals surface area (Å²) in [6, 6.07) is 10.4. The van der Waals surface area contributed by atoms with E-state index in [0.29, 0.717) is 17.1 Å². The number of rotatable bonds is 4. The van der Waals surface area contributed by atoms with E-state index in [1.54, 1.807) is 18.2 Å². The summed E-state index contributed by atoms with van der Waals surface area (Å²) >= 11 is 5.09. The molecule has 0 radical (unpaired) electrons. The second-order valence-corrected chi connectivity index (χ2v) is 5.93. The van der Waals surface area contributed by atoms with Gasteiger partial charge in [-0.05, 0) is 54.7 Å². The minimum atomic E-state index is -0.667. The van der Waals surface area contributed by atoms with Crippen LogP contribution < -0.4 is 19.7 Å².